The molecule has 0 fully saturated rings. The Morgan fingerprint density at radius 2 is 2.15 bits per heavy atom. The van der Waals surface area contributed by atoms with Gasteiger partial charge in [0.05, 0.1) is 11.0 Å². The molecule has 1 aromatic carbocycles. The Hall–Kier alpha value is -0.290. The van der Waals surface area contributed by atoms with E-state index in [1.807, 2.05) is 0 Å². The topological polar surface area (TPSA) is 43.7 Å². The smallest absolute Gasteiger partial charge is 0.134 e. The second kappa shape index (κ2) is 4.28. The maximum atomic E-state index is 9.53. The van der Waals surface area contributed by atoms with E-state index in [1.165, 1.54) is 7.05 Å². The molecule has 0 radical (unpaired) electrons. The van der Waals surface area contributed by atoms with Gasteiger partial charge in [0.1, 0.15) is 5.75 Å². The van der Waals surface area contributed by atoms with Crippen molar-refractivity contribution in [3.63, 3.8) is 0 Å². The van der Waals surface area contributed by atoms with Gasteiger partial charge in [-0.1, -0.05) is 11.6 Å². The Morgan fingerprint density at radius 3 is 2.69 bits per heavy atom. The van der Waals surface area contributed by atoms with E-state index in [2.05, 4.69) is 15.9 Å². The second-order valence-electron chi connectivity index (χ2n) is 2.71. The van der Waals surface area contributed by atoms with Crippen LogP contribution in [0, 0.1) is 0 Å². The number of hydrogen-bond donors (Lipinski definition) is 2. The zero-order chi connectivity index (χ0) is 10.0. The van der Waals surface area contributed by atoms with Gasteiger partial charge in [-0.3, -0.25) is 0 Å². The van der Waals surface area contributed by atoms with Gasteiger partial charge in [0, 0.05) is 17.6 Å². The summed E-state index contributed by atoms with van der Waals surface area (Å²) in [6, 6.07) is 3.20. The normalized spacial score (nSPS) is 10.8. The number of benzene rings is 1. The average molecular weight is 267 g/mol. The number of halogens is 2. The summed E-state index contributed by atoms with van der Waals surface area (Å²) in [6.07, 6.45) is 0. The molecule has 0 aliphatic heterocycles. The van der Waals surface area contributed by atoms with E-state index < -0.39 is 0 Å². The van der Waals surface area contributed by atoms with Crippen LogP contribution in [-0.2, 0) is 6.54 Å². The molecule has 0 aliphatic carbocycles. The zero-order valence-electron chi connectivity index (χ0n) is 6.96. The molecule has 0 aliphatic rings. The molecule has 2 N–H and O–H groups in total. The predicted molar refractivity (Wildman–Crippen MR) is 54.1 cm³/mol. The van der Waals surface area contributed by atoms with Crippen molar-refractivity contribution >= 4 is 27.5 Å². The first-order chi connectivity index (χ1) is 6.00. The summed E-state index contributed by atoms with van der Waals surface area (Å²) in [7, 11) is 1.49. The summed E-state index contributed by atoms with van der Waals surface area (Å²) in [5.41, 5.74) is 0.573. The van der Waals surface area contributed by atoms with Crippen LogP contribution in [-0.4, -0.2) is 22.4 Å². The molecule has 72 valence electrons. The van der Waals surface area contributed by atoms with E-state index in [0.29, 0.717) is 15.1 Å². The third kappa shape index (κ3) is 2.84. The van der Waals surface area contributed by atoms with Crippen LogP contribution in [0.2, 0.25) is 5.02 Å². The second-order valence-corrected chi connectivity index (χ2v) is 4.00. The van der Waals surface area contributed by atoms with Gasteiger partial charge in [-0.25, -0.2) is 0 Å². The number of hydrogen-bond acceptors (Lipinski definition) is 3. The molecular weight excluding hydrogens is 257 g/mol. The number of rotatable bonds is 2. The fourth-order valence-corrected chi connectivity index (χ4v) is 1.86. The van der Waals surface area contributed by atoms with E-state index in [0.717, 1.165) is 5.06 Å². The Kier molecular flexibility index (Phi) is 3.55. The zero-order valence-corrected chi connectivity index (χ0v) is 9.30. The highest BCUT2D eigenvalue weighted by Crippen LogP contribution is 2.31. The largest absolute Gasteiger partial charge is 0.506 e. The van der Waals surface area contributed by atoms with Gasteiger partial charge in [0.2, 0.25) is 0 Å². The van der Waals surface area contributed by atoms with Gasteiger partial charge in [-0.05, 0) is 28.1 Å². The maximum absolute atomic E-state index is 9.53. The van der Waals surface area contributed by atoms with Crippen molar-refractivity contribution in [2.45, 2.75) is 6.54 Å². The minimum Gasteiger partial charge on any atom is -0.506 e. The molecule has 3 nitrogen and oxygen atoms in total. The van der Waals surface area contributed by atoms with Crippen molar-refractivity contribution in [2.75, 3.05) is 7.05 Å². The third-order valence-electron chi connectivity index (χ3n) is 1.51. The van der Waals surface area contributed by atoms with Crippen LogP contribution >= 0.6 is 27.5 Å². The van der Waals surface area contributed by atoms with E-state index >= 15 is 0 Å². The molecule has 13 heavy (non-hydrogen) atoms. The molecule has 0 bridgehead atoms. The summed E-state index contributed by atoms with van der Waals surface area (Å²) in [6.45, 7) is 0.227. The lowest BCUT2D eigenvalue weighted by Gasteiger charge is -2.11. The Morgan fingerprint density at radius 1 is 1.54 bits per heavy atom. The fraction of sp³-hybridized carbons (Fsp3) is 0.250. The predicted octanol–water partition coefficient (Wildman–Crippen LogP) is 2.63. The highest BCUT2D eigenvalue weighted by atomic mass is 79.9. The molecule has 5 heteroatoms. The quantitative estimate of drug-likeness (QED) is 0.809. The molecule has 0 amide bonds. The third-order valence-corrected chi connectivity index (χ3v) is 2.33. The standard InChI is InChI=1S/C8H9BrClNO2/c1-11(13)4-5-2-6(10)3-7(9)8(5)12/h2-3,12-13H,4H2,1H3. The summed E-state index contributed by atoms with van der Waals surface area (Å²) < 4.78 is 0.525. The van der Waals surface area contributed by atoms with Crippen LogP contribution in [0.3, 0.4) is 0 Å². The number of phenolic OH excluding ortho intramolecular Hbond substituents is 1. The molecule has 1 aromatic rings. The van der Waals surface area contributed by atoms with Crippen LogP contribution in [0.1, 0.15) is 5.56 Å². The first-order valence-electron chi connectivity index (χ1n) is 3.57. The van der Waals surface area contributed by atoms with Gasteiger partial charge >= 0.3 is 0 Å². The van der Waals surface area contributed by atoms with Crippen molar-refractivity contribution in [3.05, 3.63) is 27.2 Å². The van der Waals surface area contributed by atoms with Crippen molar-refractivity contribution in [2.24, 2.45) is 0 Å². The first-order valence-corrected chi connectivity index (χ1v) is 4.74. The van der Waals surface area contributed by atoms with Gasteiger partial charge in [-0.2, -0.15) is 5.06 Å². The number of aromatic hydroxyl groups is 1. The molecule has 0 unspecified atom stereocenters. The summed E-state index contributed by atoms with van der Waals surface area (Å²) >= 11 is 8.92. The molecule has 0 heterocycles. The molecule has 0 aromatic heterocycles. The number of phenols is 1. The highest BCUT2D eigenvalue weighted by molar-refractivity contribution is 9.10. The number of nitrogens with zero attached hydrogens (tertiary/aromatic N) is 1. The SMILES string of the molecule is CN(O)Cc1cc(Cl)cc(Br)c1O. The average Bonchev–Trinajstić information content (AvgIpc) is 1.98. The fourth-order valence-electron chi connectivity index (χ4n) is 0.986. The highest BCUT2D eigenvalue weighted by Gasteiger charge is 2.08. The first kappa shape index (κ1) is 10.8. The minimum atomic E-state index is 0.102. The van der Waals surface area contributed by atoms with Crippen LogP contribution in [0.15, 0.2) is 16.6 Å². The molecule has 0 saturated carbocycles. The molecule has 0 saturated heterocycles. The lowest BCUT2D eigenvalue weighted by atomic mass is 10.2. The van der Waals surface area contributed by atoms with Crippen molar-refractivity contribution in [1.82, 2.24) is 5.06 Å². The summed E-state index contributed by atoms with van der Waals surface area (Å²) in [4.78, 5) is 0. The lowest BCUT2D eigenvalue weighted by molar-refractivity contribution is -0.0735. The maximum Gasteiger partial charge on any atom is 0.134 e. The lowest BCUT2D eigenvalue weighted by Crippen LogP contribution is -2.11. The summed E-state index contributed by atoms with van der Waals surface area (Å²) in [5, 5.41) is 20.0. The van der Waals surface area contributed by atoms with Crippen molar-refractivity contribution in [1.29, 1.82) is 0 Å². The molecule has 1 rings (SSSR count). The van der Waals surface area contributed by atoms with Crippen molar-refractivity contribution < 1.29 is 10.3 Å². The van der Waals surface area contributed by atoms with E-state index in [-0.39, 0.29) is 12.3 Å². The van der Waals surface area contributed by atoms with Gasteiger partial charge < -0.3 is 10.3 Å². The van der Waals surface area contributed by atoms with Crippen molar-refractivity contribution in [3.8, 4) is 5.75 Å². The van der Waals surface area contributed by atoms with Gasteiger partial charge in [-0.15, -0.1) is 0 Å². The van der Waals surface area contributed by atoms with Crippen LogP contribution in [0.4, 0.5) is 0 Å². The Bertz CT molecular complexity index is 317. The van der Waals surface area contributed by atoms with E-state index in [1.54, 1.807) is 12.1 Å². The Balaban J connectivity index is 3.05. The van der Waals surface area contributed by atoms with E-state index in [4.69, 9.17) is 16.8 Å². The molecule has 0 atom stereocenters. The monoisotopic (exact) mass is 265 g/mol. The number of hydroxylamine groups is 2. The summed E-state index contributed by atoms with van der Waals surface area (Å²) in [5.74, 6) is 0.102. The van der Waals surface area contributed by atoms with Gasteiger partial charge in [0.15, 0.2) is 0 Å². The molecular formula is C8H9BrClNO2. The van der Waals surface area contributed by atoms with Crippen LogP contribution in [0.5, 0.6) is 5.75 Å². The van der Waals surface area contributed by atoms with Gasteiger partial charge in [0.25, 0.3) is 0 Å². The minimum absolute atomic E-state index is 0.102. The van der Waals surface area contributed by atoms with Crippen LogP contribution in [0.25, 0.3) is 0 Å². The molecule has 0 spiro atoms. The Labute approximate surface area is 89.6 Å². The van der Waals surface area contributed by atoms with E-state index in [9.17, 15) is 5.11 Å². The van der Waals surface area contributed by atoms with Crippen LogP contribution < -0.4 is 0 Å².